The van der Waals surface area contributed by atoms with Gasteiger partial charge in [-0.25, -0.2) is 8.78 Å². The van der Waals surface area contributed by atoms with Crippen LogP contribution in [-0.2, 0) is 0 Å². The van der Waals surface area contributed by atoms with Crippen molar-refractivity contribution >= 4 is 18.3 Å². The summed E-state index contributed by atoms with van der Waals surface area (Å²) in [6.45, 7) is 0. The zero-order valence-corrected chi connectivity index (χ0v) is 10.8. The lowest BCUT2D eigenvalue weighted by Gasteiger charge is -2.09. The summed E-state index contributed by atoms with van der Waals surface area (Å²) < 4.78 is 31.4. The van der Waals surface area contributed by atoms with E-state index in [9.17, 15) is 28.5 Å². The summed E-state index contributed by atoms with van der Waals surface area (Å²) >= 11 is 0. The zero-order valence-electron chi connectivity index (χ0n) is 10.8. The van der Waals surface area contributed by atoms with Crippen LogP contribution in [0, 0.1) is 21.7 Å². The van der Waals surface area contributed by atoms with Gasteiger partial charge < -0.3 is 4.74 Å². The van der Waals surface area contributed by atoms with Crippen molar-refractivity contribution in [2.45, 2.75) is 0 Å². The summed E-state index contributed by atoms with van der Waals surface area (Å²) in [5, 5.41) is 11.0. The third-order valence-corrected chi connectivity index (χ3v) is 2.73. The van der Waals surface area contributed by atoms with Gasteiger partial charge in [0.25, 0.3) is 0 Å². The van der Waals surface area contributed by atoms with Gasteiger partial charge in [-0.05, 0) is 18.2 Å². The quantitative estimate of drug-likeness (QED) is 0.480. The minimum Gasteiger partial charge on any atom is -0.447 e. The van der Waals surface area contributed by atoms with Crippen molar-refractivity contribution in [3.63, 3.8) is 0 Å². The van der Waals surface area contributed by atoms with Gasteiger partial charge in [0.05, 0.1) is 4.92 Å². The molecule has 0 aliphatic heterocycles. The first-order chi connectivity index (χ1) is 10.5. The average Bonchev–Trinajstić information content (AvgIpc) is 2.49. The number of ether oxygens (including phenoxy) is 1. The topological polar surface area (TPSA) is 86.5 Å². The Labute approximate surface area is 122 Å². The van der Waals surface area contributed by atoms with Crippen molar-refractivity contribution in [2.75, 3.05) is 0 Å². The highest BCUT2D eigenvalue weighted by Gasteiger charge is 2.21. The molecule has 0 saturated heterocycles. The van der Waals surface area contributed by atoms with Crippen LogP contribution in [0.1, 0.15) is 20.7 Å². The molecule has 6 nitrogen and oxygen atoms in total. The van der Waals surface area contributed by atoms with Gasteiger partial charge in [0.1, 0.15) is 5.82 Å². The summed E-state index contributed by atoms with van der Waals surface area (Å²) in [6, 6.07) is 4.18. The molecule has 0 N–H and O–H groups in total. The number of halogens is 2. The average molecular weight is 307 g/mol. The van der Waals surface area contributed by atoms with Gasteiger partial charge in [-0.3, -0.25) is 19.7 Å². The normalized spacial score (nSPS) is 10.1. The number of benzene rings is 2. The number of carbonyl (C=O) groups is 2. The molecule has 0 fully saturated rings. The first-order valence-corrected chi connectivity index (χ1v) is 5.82. The first-order valence-electron chi connectivity index (χ1n) is 5.82. The second-order valence-electron chi connectivity index (χ2n) is 4.12. The number of hydrogen-bond donors (Lipinski definition) is 0. The summed E-state index contributed by atoms with van der Waals surface area (Å²) in [6.07, 6.45) is 0.584. The van der Waals surface area contributed by atoms with Gasteiger partial charge in [0, 0.05) is 23.3 Å². The molecule has 0 radical (unpaired) electrons. The number of hydrogen-bond acceptors (Lipinski definition) is 5. The largest absolute Gasteiger partial charge is 0.447 e. The summed E-state index contributed by atoms with van der Waals surface area (Å²) in [4.78, 5) is 31.8. The number of nitrogens with zero attached hydrogens (tertiary/aromatic N) is 1. The molecule has 0 atom stereocenters. The van der Waals surface area contributed by atoms with Crippen LogP contribution in [0.3, 0.4) is 0 Å². The van der Waals surface area contributed by atoms with Gasteiger partial charge in [-0.2, -0.15) is 0 Å². The Kier molecular flexibility index (Phi) is 4.21. The highest BCUT2D eigenvalue weighted by Crippen LogP contribution is 2.34. The molecule has 0 amide bonds. The zero-order chi connectivity index (χ0) is 16.3. The van der Waals surface area contributed by atoms with Gasteiger partial charge in [-0.15, -0.1) is 0 Å². The van der Waals surface area contributed by atoms with Gasteiger partial charge in [0.2, 0.25) is 5.75 Å². The molecule has 0 heterocycles. The summed E-state index contributed by atoms with van der Waals surface area (Å²) in [7, 11) is 0. The molecule has 2 rings (SSSR count). The van der Waals surface area contributed by atoms with Gasteiger partial charge in [0.15, 0.2) is 24.1 Å². The molecular formula is C14H7F2NO5. The Balaban J connectivity index is 2.55. The van der Waals surface area contributed by atoms with Crippen LogP contribution in [0.15, 0.2) is 30.3 Å². The Hall–Kier alpha value is -3.16. The van der Waals surface area contributed by atoms with E-state index in [0.717, 1.165) is 24.3 Å². The fourth-order valence-corrected chi connectivity index (χ4v) is 1.71. The minimum absolute atomic E-state index is 0.155. The molecule has 112 valence electrons. The maximum atomic E-state index is 13.5. The van der Waals surface area contributed by atoms with Crippen molar-refractivity contribution in [1.29, 1.82) is 0 Å². The Bertz CT molecular complexity index is 776. The lowest BCUT2D eigenvalue weighted by Crippen LogP contribution is -2.00. The van der Waals surface area contributed by atoms with Crippen molar-refractivity contribution in [1.82, 2.24) is 0 Å². The van der Waals surface area contributed by atoms with E-state index in [1.807, 2.05) is 0 Å². The molecule has 0 spiro atoms. The van der Waals surface area contributed by atoms with Crippen molar-refractivity contribution in [2.24, 2.45) is 0 Å². The minimum atomic E-state index is -1.07. The molecule has 2 aromatic rings. The number of nitro groups is 1. The highest BCUT2D eigenvalue weighted by molar-refractivity contribution is 5.92. The van der Waals surface area contributed by atoms with E-state index in [0.29, 0.717) is 12.4 Å². The van der Waals surface area contributed by atoms with E-state index in [2.05, 4.69) is 0 Å². The fourth-order valence-electron chi connectivity index (χ4n) is 1.71. The van der Waals surface area contributed by atoms with Crippen LogP contribution in [-0.4, -0.2) is 17.5 Å². The van der Waals surface area contributed by atoms with E-state index in [4.69, 9.17) is 4.74 Å². The SMILES string of the molecule is O=Cc1cc(Oc2ccc(F)cc2F)c([N+](=O)[O-])cc1C=O. The molecule has 2 aromatic carbocycles. The Morgan fingerprint density at radius 2 is 1.64 bits per heavy atom. The first kappa shape index (κ1) is 15.2. The lowest BCUT2D eigenvalue weighted by atomic mass is 10.1. The van der Waals surface area contributed by atoms with E-state index >= 15 is 0 Å². The van der Waals surface area contributed by atoms with Crippen LogP contribution in [0.25, 0.3) is 0 Å². The second kappa shape index (κ2) is 6.08. The molecule has 0 aliphatic rings. The third-order valence-electron chi connectivity index (χ3n) is 2.73. The maximum Gasteiger partial charge on any atom is 0.312 e. The standard InChI is InChI=1S/C14H7F2NO5/c15-10-1-2-13(11(16)5-10)22-14-4-9(7-19)8(6-18)3-12(14)17(20)21/h1-7H. The molecule has 0 unspecified atom stereocenters. The molecule has 0 aliphatic carbocycles. The number of nitro benzene ring substituents is 1. The molecule has 0 saturated carbocycles. The van der Waals surface area contributed by atoms with E-state index in [-0.39, 0.29) is 17.4 Å². The maximum absolute atomic E-state index is 13.5. The number of aldehydes is 2. The Morgan fingerprint density at radius 3 is 2.18 bits per heavy atom. The molecule has 0 bridgehead atoms. The highest BCUT2D eigenvalue weighted by atomic mass is 19.1. The van der Waals surface area contributed by atoms with Crippen molar-refractivity contribution in [3.05, 3.63) is 63.2 Å². The molecule has 8 heteroatoms. The van der Waals surface area contributed by atoms with Crippen LogP contribution in [0.5, 0.6) is 11.5 Å². The Morgan fingerprint density at radius 1 is 1.00 bits per heavy atom. The molecular weight excluding hydrogens is 300 g/mol. The predicted octanol–water partition coefficient (Wildman–Crippen LogP) is 3.29. The van der Waals surface area contributed by atoms with Crippen molar-refractivity contribution < 1.29 is 28.0 Å². The van der Waals surface area contributed by atoms with E-state index < -0.39 is 33.7 Å². The van der Waals surface area contributed by atoms with E-state index in [1.165, 1.54) is 0 Å². The lowest BCUT2D eigenvalue weighted by molar-refractivity contribution is -0.385. The van der Waals surface area contributed by atoms with Crippen LogP contribution >= 0.6 is 0 Å². The monoisotopic (exact) mass is 307 g/mol. The third kappa shape index (κ3) is 2.95. The van der Waals surface area contributed by atoms with E-state index in [1.54, 1.807) is 0 Å². The summed E-state index contributed by atoms with van der Waals surface area (Å²) in [5.74, 6) is -2.81. The number of rotatable bonds is 5. The number of carbonyl (C=O) groups excluding carboxylic acids is 2. The molecule has 0 aromatic heterocycles. The van der Waals surface area contributed by atoms with Crippen LogP contribution in [0.2, 0.25) is 0 Å². The second-order valence-corrected chi connectivity index (χ2v) is 4.12. The smallest absolute Gasteiger partial charge is 0.312 e. The fraction of sp³-hybridized carbons (Fsp3) is 0. The van der Waals surface area contributed by atoms with Crippen molar-refractivity contribution in [3.8, 4) is 11.5 Å². The van der Waals surface area contributed by atoms with Gasteiger partial charge in [-0.1, -0.05) is 0 Å². The van der Waals surface area contributed by atoms with Gasteiger partial charge >= 0.3 is 5.69 Å². The predicted molar refractivity (Wildman–Crippen MR) is 70.3 cm³/mol. The molecule has 22 heavy (non-hydrogen) atoms. The van der Waals surface area contributed by atoms with Crippen LogP contribution < -0.4 is 4.74 Å². The summed E-state index contributed by atoms with van der Waals surface area (Å²) in [5.41, 5.74) is -0.983. The van der Waals surface area contributed by atoms with Crippen LogP contribution in [0.4, 0.5) is 14.5 Å².